The van der Waals surface area contributed by atoms with Gasteiger partial charge in [0.05, 0.1) is 0 Å². The van der Waals surface area contributed by atoms with Gasteiger partial charge in [-0.2, -0.15) is 0 Å². The lowest BCUT2D eigenvalue weighted by molar-refractivity contribution is 0.219. The molecule has 1 unspecified atom stereocenters. The highest BCUT2D eigenvalue weighted by molar-refractivity contribution is 6.30. The molecule has 1 fully saturated rings. The van der Waals surface area contributed by atoms with Gasteiger partial charge in [0.2, 0.25) is 0 Å². The zero-order valence-electron chi connectivity index (χ0n) is 11.3. The SMILES string of the molecule is CC1(CN)CCN(CCOc2ccc(Cl)cc2)C1.Cl. The Hall–Kier alpha value is -0.480. The maximum atomic E-state index is 5.82. The molecule has 1 aliphatic rings. The minimum absolute atomic E-state index is 0. The molecule has 0 aliphatic carbocycles. The molecular formula is C14H22Cl2N2O. The molecule has 0 radical (unpaired) electrons. The molecule has 0 spiro atoms. The van der Waals surface area contributed by atoms with Crippen molar-refractivity contribution in [1.29, 1.82) is 0 Å². The monoisotopic (exact) mass is 304 g/mol. The zero-order valence-corrected chi connectivity index (χ0v) is 12.8. The van der Waals surface area contributed by atoms with E-state index in [1.807, 2.05) is 24.3 Å². The van der Waals surface area contributed by atoms with E-state index < -0.39 is 0 Å². The Morgan fingerprint density at radius 3 is 2.63 bits per heavy atom. The van der Waals surface area contributed by atoms with E-state index in [9.17, 15) is 0 Å². The van der Waals surface area contributed by atoms with Gasteiger partial charge in [0.1, 0.15) is 12.4 Å². The Kier molecular flexibility index (Phi) is 6.40. The van der Waals surface area contributed by atoms with E-state index in [2.05, 4.69) is 11.8 Å². The molecule has 2 N–H and O–H groups in total. The van der Waals surface area contributed by atoms with E-state index in [4.69, 9.17) is 22.1 Å². The topological polar surface area (TPSA) is 38.5 Å². The average molecular weight is 305 g/mol. The molecule has 1 atom stereocenters. The second kappa shape index (κ2) is 7.34. The van der Waals surface area contributed by atoms with E-state index in [-0.39, 0.29) is 12.4 Å². The van der Waals surface area contributed by atoms with Gasteiger partial charge in [-0.15, -0.1) is 12.4 Å². The van der Waals surface area contributed by atoms with Crippen molar-refractivity contribution in [3.8, 4) is 5.75 Å². The number of likely N-dealkylation sites (tertiary alicyclic amines) is 1. The van der Waals surface area contributed by atoms with Crippen molar-refractivity contribution in [3.05, 3.63) is 29.3 Å². The molecule has 1 aromatic rings. The van der Waals surface area contributed by atoms with Crippen molar-refractivity contribution in [2.75, 3.05) is 32.8 Å². The standard InChI is InChI=1S/C14H21ClN2O.ClH/c1-14(10-16)6-7-17(11-14)8-9-18-13-4-2-12(15)3-5-13;/h2-5H,6-11,16H2,1H3;1H. The van der Waals surface area contributed by atoms with Gasteiger partial charge in [0.15, 0.2) is 0 Å². The molecule has 1 saturated heterocycles. The number of nitrogens with zero attached hydrogens (tertiary/aromatic N) is 1. The van der Waals surface area contributed by atoms with Gasteiger partial charge in [-0.05, 0) is 49.2 Å². The highest BCUT2D eigenvalue weighted by Crippen LogP contribution is 2.28. The number of hydrogen-bond acceptors (Lipinski definition) is 3. The Morgan fingerprint density at radius 1 is 1.37 bits per heavy atom. The molecule has 2 rings (SSSR count). The first-order valence-corrected chi connectivity index (χ1v) is 6.80. The van der Waals surface area contributed by atoms with Crippen LogP contribution >= 0.6 is 24.0 Å². The summed E-state index contributed by atoms with van der Waals surface area (Å²) in [6.45, 7) is 6.89. The lowest BCUT2D eigenvalue weighted by Crippen LogP contribution is -2.33. The van der Waals surface area contributed by atoms with E-state index in [1.165, 1.54) is 6.42 Å². The highest BCUT2D eigenvalue weighted by atomic mass is 35.5. The summed E-state index contributed by atoms with van der Waals surface area (Å²) >= 11 is 5.82. The fourth-order valence-corrected chi connectivity index (χ4v) is 2.43. The second-order valence-corrected chi connectivity index (χ2v) is 5.78. The first-order valence-electron chi connectivity index (χ1n) is 6.42. The number of hydrogen-bond donors (Lipinski definition) is 1. The predicted octanol–water partition coefficient (Wildman–Crippen LogP) is 2.81. The first kappa shape index (κ1) is 16.6. The molecule has 0 aromatic heterocycles. The Labute approximate surface area is 126 Å². The van der Waals surface area contributed by atoms with Gasteiger partial charge in [0.25, 0.3) is 0 Å². The second-order valence-electron chi connectivity index (χ2n) is 5.34. The predicted molar refractivity (Wildman–Crippen MR) is 82.4 cm³/mol. The van der Waals surface area contributed by atoms with Crippen molar-refractivity contribution < 1.29 is 4.74 Å². The fraction of sp³-hybridized carbons (Fsp3) is 0.571. The minimum Gasteiger partial charge on any atom is -0.492 e. The van der Waals surface area contributed by atoms with Crippen LogP contribution in [0.15, 0.2) is 24.3 Å². The fourth-order valence-electron chi connectivity index (χ4n) is 2.31. The summed E-state index contributed by atoms with van der Waals surface area (Å²) in [6, 6.07) is 7.49. The van der Waals surface area contributed by atoms with Crippen molar-refractivity contribution >= 4 is 24.0 Å². The summed E-state index contributed by atoms with van der Waals surface area (Å²) in [5.74, 6) is 0.875. The minimum atomic E-state index is 0. The molecule has 0 bridgehead atoms. The van der Waals surface area contributed by atoms with Gasteiger partial charge in [-0.25, -0.2) is 0 Å². The molecule has 0 amide bonds. The van der Waals surface area contributed by atoms with Crippen LogP contribution in [0.5, 0.6) is 5.75 Å². The Morgan fingerprint density at radius 2 is 2.05 bits per heavy atom. The smallest absolute Gasteiger partial charge is 0.119 e. The van der Waals surface area contributed by atoms with Gasteiger partial charge in [0, 0.05) is 18.1 Å². The van der Waals surface area contributed by atoms with E-state index in [0.29, 0.717) is 12.0 Å². The van der Waals surface area contributed by atoms with Crippen LogP contribution in [0.25, 0.3) is 0 Å². The summed E-state index contributed by atoms with van der Waals surface area (Å²) in [5, 5.41) is 0.737. The first-order chi connectivity index (χ1) is 8.61. The van der Waals surface area contributed by atoms with Crippen LogP contribution in [0.1, 0.15) is 13.3 Å². The molecule has 5 heteroatoms. The third-order valence-corrected chi connectivity index (χ3v) is 3.87. The van der Waals surface area contributed by atoms with E-state index in [0.717, 1.165) is 37.0 Å². The Balaban J connectivity index is 0.00000180. The summed E-state index contributed by atoms with van der Waals surface area (Å²) < 4.78 is 5.69. The number of nitrogens with two attached hydrogens (primary N) is 1. The zero-order chi connectivity index (χ0) is 13.0. The van der Waals surface area contributed by atoms with Crippen molar-refractivity contribution in [3.63, 3.8) is 0 Å². The molecule has 3 nitrogen and oxygen atoms in total. The lowest BCUT2D eigenvalue weighted by Gasteiger charge is -2.22. The molecule has 1 heterocycles. The Bertz CT molecular complexity index is 386. The van der Waals surface area contributed by atoms with Crippen molar-refractivity contribution in [2.45, 2.75) is 13.3 Å². The number of benzene rings is 1. The summed E-state index contributed by atoms with van der Waals surface area (Å²) in [6.07, 6.45) is 1.18. The van der Waals surface area contributed by atoms with Gasteiger partial charge >= 0.3 is 0 Å². The maximum Gasteiger partial charge on any atom is 0.119 e. The van der Waals surface area contributed by atoms with Crippen LogP contribution in [0, 0.1) is 5.41 Å². The normalized spacial score (nSPS) is 23.1. The molecule has 0 saturated carbocycles. The molecule has 1 aromatic carbocycles. The number of halogens is 2. The third kappa shape index (κ3) is 4.84. The summed E-state index contributed by atoms with van der Waals surface area (Å²) in [4.78, 5) is 2.42. The van der Waals surface area contributed by atoms with Crippen LogP contribution in [0.3, 0.4) is 0 Å². The largest absolute Gasteiger partial charge is 0.492 e. The lowest BCUT2D eigenvalue weighted by atomic mass is 9.90. The van der Waals surface area contributed by atoms with Crippen molar-refractivity contribution in [2.24, 2.45) is 11.1 Å². The van der Waals surface area contributed by atoms with E-state index in [1.54, 1.807) is 0 Å². The molecule has 108 valence electrons. The van der Waals surface area contributed by atoms with Crippen LogP contribution in [0.2, 0.25) is 5.02 Å². The van der Waals surface area contributed by atoms with Crippen molar-refractivity contribution in [1.82, 2.24) is 4.90 Å². The van der Waals surface area contributed by atoms with Gasteiger partial charge in [-0.1, -0.05) is 18.5 Å². The van der Waals surface area contributed by atoms with Gasteiger partial charge in [-0.3, -0.25) is 4.90 Å². The quantitative estimate of drug-likeness (QED) is 0.909. The average Bonchev–Trinajstić information content (AvgIpc) is 2.75. The van der Waals surface area contributed by atoms with Crippen LogP contribution in [-0.4, -0.2) is 37.7 Å². The molecule has 19 heavy (non-hydrogen) atoms. The third-order valence-electron chi connectivity index (χ3n) is 3.62. The summed E-state index contributed by atoms with van der Waals surface area (Å²) in [7, 11) is 0. The maximum absolute atomic E-state index is 5.82. The molecule has 1 aliphatic heterocycles. The van der Waals surface area contributed by atoms with Crippen LogP contribution in [-0.2, 0) is 0 Å². The molecular weight excluding hydrogens is 283 g/mol. The van der Waals surface area contributed by atoms with Crippen LogP contribution in [0.4, 0.5) is 0 Å². The number of rotatable bonds is 5. The summed E-state index contributed by atoms with van der Waals surface area (Å²) in [5.41, 5.74) is 6.09. The highest BCUT2D eigenvalue weighted by Gasteiger charge is 2.31. The van der Waals surface area contributed by atoms with Crippen LogP contribution < -0.4 is 10.5 Å². The van der Waals surface area contributed by atoms with Gasteiger partial charge < -0.3 is 10.5 Å². The number of ether oxygens (including phenoxy) is 1. The van der Waals surface area contributed by atoms with E-state index >= 15 is 0 Å².